The first-order valence-corrected chi connectivity index (χ1v) is 9.75. The molecule has 30 heavy (non-hydrogen) atoms. The molecule has 160 valence electrons. The standard InChI is InChI=1S/C21H24N2O6S/c1-3-9-28-19(25)14-7-5-6-8-15(14)23-18(24)16-11-13(12-22-16)17(21(27)30)20(26)29-10-4-2/h3-8,13,16-17,22H,1-2,9-12H2,(H,23,24)(H,27,30)/t13-,16+,17?/m1/s1. The predicted octanol–water partition coefficient (Wildman–Crippen LogP) is 1.75. The Bertz CT molecular complexity index is 841. The summed E-state index contributed by atoms with van der Waals surface area (Å²) in [7, 11) is 0. The van der Waals surface area contributed by atoms with E-state index < -0.39 is 40.8 Å². The fourth-order valence-corrected chi connectivity index (χ4v) is 3.46. The number of ether oxygens (including phenoxy) is 2. The van der Waals surface area contributed by atoms with E-state index in [0.29, 0.717) is 5.69 Å². The maximum absolute atomic E-state index is 12.7. The maximum Gasteiger partial charge on any atom is 0.340 e. The van der Waals surface area contributed by atoms with Gasteiger partial charge in [0.25, 0.3) is 0 Å². The molecule has 9 heteroatoms. The van der Waals surface area contributed by atoms with E-state index in [-0.39, 0.29) is 31.7 Å². The van der Waals surface area contributed by atoms with Crippen LogP contribution in [0.3, 0.4) is 0 Å². The number of hydrogen-bond donors (Lipinski definition) is 3. The van der Waals surface area contributed by atoms with Gasteiger partial charge >= 0.3 is 11.9 Å². The van der Waals surface area contributed by atoms with Gasteiger partial charge in [-0.05, 0) is 24.5 Å². The van der Waals surface area contributed by atoms with Gasteiger partial charge in [-0.1, -0.05) is 37.4 Å². The number of amides is 1. The molecule has 1 fully saturated rings. The molecule has 0 radical (unpaired) electrons. The van der Waals surface area contributed by atoms with E-state index in [1.165, 1.54) is 18.2 Å². The molecule has 0 aliphatic carbocycles. The summed E-state index contributed by atoms with van der Waals surface area (Å²) in [6.45, 7) is 7.25. The predicted molar refractivity (Wildman–Crippen MR) is 114 cm³/mol. The van der Waals surface area contributed by atoms with Crippen molar-refractivity contribution in [3.8, 4) is 0 Å². The van der Waals surface area contributed by atoms with E-state index in [1.807, 2.05) is 0 Å². The first-order chi connectivity index (χ1) is 14.4. The van der Waals surface area contributed by atoms with Crippen LogP contribution in [0, 0.1) is 11.8 Å². The van der Waals surface area contributed by atoms with Gasteiger partial charge in [0.05, 0.1) is 17.3 Å². The number of para-hydroxylation sites is 1. The number of benzene rings is 1. The molecule has 1 aliphatic heterocycles. The number of esters is 2. The van der Waals surface area contributed by atoms with E-state index in [1.54, 1.807) is 18.2 Å². The molecule has 1 aromatic carbocycles. The molecule has 1 aromatic rings. The van der Waals surface area contributed by atoms with E-state index in [4.69, 9.17) is 9.47 Å². The van der Waals surface area contributed by atoms with Crippen LogP contribution >= 0.6 is 12.6 Å². The second-order valence-electron chi connectivity index (χ2n) is 6.61. The molecule has 1 unspecified atom stereocenters. The van der Waals surface area contributed by atoms with Gasteiger partial charge < -0.3 is 20.1 Å². The van der Waals surface area contributed by atoms with Gasteiger partial charge in [0, 0.05) is 6.54 Å². The number of anilines is 1. The molecule has 0 bridgehead atoms. The zero-order valence-corrected chi connectivity index (χ0v) is 17.2. The molecule has 2 rings (SSSR count). The first kappa shape index (κ1) is 23.4. The lowest BCUT2D eigenvalue weighted by Gasteiger charge is -2.18. The van der Waals surface area contributed by atoms with E-state index in [0.717, 1.165) is 0 Å². The summed E-state index contributed by atoms with van der Waals surface area (Å²) in [4.78, 5) is 48.9. The minimum absolute atomic E-state index is 0.0147. The van der Waals surface area contributed by atoms with Crippen molar-refractivity contribution in [2.75, 3.05) is 25.1 Å². The van der Waals surface area contributed by atoms with Crippen LogP contribution < -0.4 is 10.6 Å². The molecular weight excluding hydrogens is 408 g/mol. The van der Waals surface area contributed by atoms with Crippen LogP contribution in [-0.4, -0.2) is 48.8 Å². The highest BCUT2D eigenvalue weighted by Gasteiger charge is 2.41. The normalized spacial score (nSPS) is 18.7. The molecule has 0 aromatic heterocycles. The molecular formula is C21H24N2O6S. The number of thiol groups is 1. The number of carbonyl (C=O) groups is 4. The summed E-state index contributed by atoms with van der Waals surface area (Å²) >= 11 is 3.80. The van der Waals surface area contributed by atoms with Gasteiger partial charge in [-0.15, -0.1) is 12.6 Å². The number of hydrogen-bond acceptors (Lipinski definition) is 7. The smallest absolute Gasteiger partial charge is 0.340 e. The fraction of sp³-hybridized carbons (Fsp3) is 0.333. The van der Waals surface area contributed by atoms with E-state index in [9.17, 15) is 19.2 Å². The Morgan fingerprint density at radius 3 is 2.50 bits per heavy atom. The third-order valence-corrected chi connectivity index (χ3v) is 4.83. The summed E-state index contributed by atoms with van der Waals surface area (Å²) in [6.07, 6.45) is 3.08. The second kappa shape index (κ2) is 11.3. The zero-order valence-electron chi connectivity index (χ0n) is 16.3. The van der Waals surface area contributed by atoms with E-state index >= 15 is 0 Å². The van der Waals surface area contributed by atoms with Crippen LogP contribution in [0.15, 0.2) is 49.6 Å². The largest absolute Gasteiger partial charge is 0.461 e. The molecule has 1 saturated heterocycles. The number of carbonyl (C=O) groups excluding carboxylic acids is 4. The van der Waals surface area contributed by atoms with Crippen molar-refractivity contribution in [2.24, 2.45) is 11.8 Å². The Morgan fingerprint density at radius 1 is 1.17 bits per heavy atom. The van der Waals surface area contributed by atoms with Gasteiger partial charge in [-0.3, -0.25) is 14.4 Å². The molecule has 8 nitrogen and oxygen atoms in total. The van der Waals surface area contributed by atoms with Crippen LogP contribution in [0.1, 0.15) is 16.8 Å². The number of rotatable bonds is 10. The van der Waals surface area contributed by atoms with Gasteiger partial charge in [0.1, 0.15) is 19.1 Å². The Balaban J connectivity index is 2.05. The average molecular weight is 432 g/mol. The quantitative estimate of drug-likeness (QED) is 0.224. The molecule has 1 aliphatic rings. The Morgan fingerprint density at radius 2 is 1.83 bits per heavy atom. The van der Waals surface area contributed by atoms with Crippen LogP contribution in [0.5, 0.6) is 0 Å². The van der Waals surface area contributed by atoms with Crippen molar-refractivity contribution >= 4 is 41.3 Å². The van der Waals surface area contributed by atoms with Gasteiger partial charge in [0.2, 0.25) is 5.91 Å². The molecule has 2 N–H and O–H groups in total. The third-order valence-electron chi connectivity index (χ3n) is 4.55. The minimum Gasteiger partial charge on any atom is -0.461 e. The Kier molecular flexibility index (Phi) is 8.82. The van der Waals surface area contributed by atoms with Gasteiger partial charge in [-0.25, -0.2) is 4.79 Å². The zero-order chi connectivity index (χ0) is 22.1. The molecule has 0 saturated carbocycles. The topological polar surface area (TPSA) is 111 Å². The van der Waals surface area contributed by atoms with Crippen molar-refractivity contribution in [3.05, 3.63) is 55.1 Å². The van der Waals surface area contributed by atoms with Crippen molar-refractivity contribution in [1.82, 2.24) is 5.32 Å². The lowest BCUT2D eigenvalue weighted by Crippen LogP contribution is -2.35. The van der Waals surface area contributed by atoms with Crippen LogP contribution in [0.25, 0.3) is 0 Å². The highest BCUT2D eigenvalue weighted by molar-refractivity contribution is 7.96. The third kappa shape index (κ3) is 6.04. The average Bonchev–Trinajstić information content (AvgIpc) is 3.20. The van der Waals surface area contributed by atoms with Gasteiger partial charge in [0.15, 0.2) is 5.12 Å². The molecule has 0 spiro atoms. The lowest BCUT2D eigenvalue weighted by molar-refractivity contribution is -0.151. The van der Waals surface area contributed by atoms with Crippen LogP contribution in [0.4, 0.5) is 5.69 Å². The van der Waals surface area contributed by atoms with Crippen molar-refractivity contribution in [2.45, 2.75) is 12.5 Å². The highest BCUT2D eigenvalue weighted by atomic mass is 32.1. The SMILES string of the molecule is C=CCOC(=O)c1ccccc1NC(=O)[C@@H]1C[C@@H](C(C(=O)S)C(=O)OCC=C)CN1. The first-order valence-electron chi connectivity index (χ1n) is 9.30. The summed E-state index contributed by atoms with van der Waals surface area (Å²) in [5, 5.41) is 5.08. The number of nitrogens with one attached hydrogen (secondary N) is 2. The lowest BCUT2D eigenvalue weighted by atomic mass is 9.90. The van der Waals surface area contributed by atoms with Crippen LogP contribution in [0.2, 0.25) is 0 Å². The molecule has 1 heterocycles. The minimum atomic E-state index is -1.08. The van der Waals surface area contributed by atoms with E-state index in [2.05, 4.69) is 36.4 Å². The summed E-state index contributed by atoms with van der Waals surface area (Å²) < 4.78 is 10.0. The highest BCUT2D eigenvalue weighted by Crippen LogP contribution is 2.27. The van der Waals surface area contributed by atoms with Gasteiger partial charge in [-0.2, -0.15) is 0 Å². The van der Waals surface area contributed by atoms with Crippen LogP contribution in [-0.2, 0) is 23.9 Å². The summed E-state index contributed by atoms with van der Waals surface area (Å²) in [6, 6.07) is 5.80. The van der Waals surface area contributed by atoms with Crippen molar-refractivity contribution in [1.29, 1.82) is 0 Å². The second-order valence-corrected chi connectivity index (χ2v) is 7.05. The monoisotopic (exact) mass is 432 g/mol. The van der Waals surface area contributed by atoms with Crippen molar-refractivity contribution < 1.29 is 28.7 Å². The Labute approximate surface area is 180 Å². The Hall–Kier alpha value is -2.91. The maximum atomic E-state index is 12.7. The van der Waals surface area contributed by atoms with Crippen molar-refractivity contribution in [3.63, 3.8) is 0 Å². The summed E-state index contributed by atoms with van der Waals surface area (Å²) in [5.74, 6) is -3.21. The molecule has 1 amide bonds. The summed E-state index contributed by atoms with van der Waals surface area (Å²) in [5.41, 5.74) is 0.507. The molecule has 3 atom stereocenters. The fourth-order valence-electron chi connectivity index (χ4n) is 3.14.